The lowest BCUT2D eigenvalue weighted by molar-refractivity contribution is 0.0949. The molecule has 0 unspecified atom stereocenters. The fourth-order valence-electron chi connectivity index (χ4n) is 4.28. The van der Waals surface area contributed by atoms with Gasteiger partial charge in [0.25, 0.3) is 5.91 Å². The van der Waals surface area contributed by atoms with Crippen LogP contribution in [-0.2, 0) is 13.1 Å². The van der Waals surface area contributed by atoms with Crippen LogP contribution in [0.5, 0.6) is 5.75 Å². The van der Waals surface area contributed by atoms with Gasteiger partial charge in [0.1, 0.15) is 11.6 Å². The Balaban J connectivity index is 1.28. The van der Waals surface area contributed by atoms with Crippen LogP contribution in [0.15, 0.2) is 91.0 Å². The first-order valence-electron chi connectivity index (χ1n) is 11.6. The van der Waals surface area contributed by atoms with Gasteiger partial charge in [-0.25, -0.2) is 4.98 Å². The summed E-state index contributed by atoms with van der Waals surface area (Å²) in [4.78, 5) is 17.4. The van der Waals surface area contributed by atoms with Crippen LogP contribution < -0.4 is 10.1 Å². The van der Waals surface area contributed by atoms with Crippen molar-refractivity contribution in [1.82, 2.24) is 14.9 Å². The second-order valence-corrected chi connectivity index (χ2v) is 8.40. The standard InChI is InChI=1S/C29H27N3O2/c1-21-9-6-12-23(19-21)29(33)30-20-28-31-25-14-4-5-15-26(25)32(28)17-8-18-34-27-16-7-11-22-10-2-3-13-24(22)27/h2-7,9-16,19H,8,17-18,20H2,1H3,(H,30,33). The van der Waals surface area contributed by atoms with Crippen molar-refractivity contribution in [1.29, 1.82) is 0 Å². The summed E-state index contributed by atoms with van der Waals surface area (Å²) in [5.74, 6) is 1.65. The zero-order valence-corrected chi connectivity index (χ0v) is 19.2. The number of nitrogens with zero attached hydrogens (tertiary/aromatic N) is 2. The van der Waals surface area contributed by atoms with E-state index < -0.39 is 0 Å². The number of carbonyl (C=O) groups excluding carboxylic acids is 1. The first-order chi connectivity index (χ1) is 16.7. The third-order valence-corrected chi connectivity index (χ3v) is 5.95. The second kappa shape index (κ2) is 9.79. The SMILES string of the molecule is Cc1cccc(C(=O)NCc2nc3ccccc3n2CCCOc2cccc3ccccc23)c1. The highest BCUT2D eigenvalue weighted by Gasteiger charge is 2.13. The number of fused-ring (bicyclic) bond motifs is 2. The van der Waals surface area contributed by atoms with E-state index in [0.29, 0.717) is 18.7 Å². The van der Waals surface area contributed by atoms with E-state index >= 15 is 0 Å². The van der Waals surface area contributed by atoms with E-state index in [0.717, 1.165) is 46.5 Å². The quantitative estimate of drug-likeness (QED) is 0.300. The Bertz CT molecular complexity index is 1450. The highest BCUT2D eigenvalue weighted by Crippen LogP contribution is 2.25. The average Bonchev–Trinajstić information content (AvgIpc) is 3.22. The molecule has 4 aromatic carbocycles. The van der Waals surface area contributed by atoms with Crippen LogP contribution >= 0.6 is 0 Å². The summed E-state index contributed by atoms with van der Waals surface area (Å²) in [6, 6.07) is 30.1. The number of nitrogens with one attached hydrogen (secondary N) is 1. The first-order valence-corrected chi connectivity index (χ1v) is 11.6. The van der Waals surface area contributed by atoms with Crippen LogP contribution in [0, 0.1) is 6.92 Å². The summed E-state index contributed by atoms with van der Waals surface area (Å²) >= 11 is 0. The Morgan fingerprint density at radius 3 is 2.65 bits per heavy atom. The summed E-state index contributed by atoms with van der Waals surface area (Å²) in [6.07, 6.45) is 0.822. The van der Waals surface area contributed by atoms with Crippen molar-refractivity contribution in [3.63, 3.8) is 0 Å². The second-order valence-electron chi connectivity index (χ2n) is 8.40. The van der Waals surface area contributed by atoms with Crippen molar-refractivity contribution in [2.45, 2.75) is 26.4 Å². The highest BCUT2D eigenvalue weighted by molar-refractivity contribution is 5.94. The normalized spacial score (nSPS) is 11.1. The van der Waals surface area contributed by atoms with E-state index in [1.807, 2.05) is 73.7 Å². The fourth-order valence-corrected chi connectivity index (χ4v) is 4.28. The minimum Gasteiger partial charge on any atom is -0.493 e. The van der Waals surface area contributed by atoms with Gasteiger partial charge in [-0.05, 0) is 49.1 Å². The lowest BCUT2D eigenvalue weighted by Crippen LogP contribution is -2.25. The molecule has 5 rings (SSSR count). The Morgan fingerprint density at radius 1 is 0.941 bits per heavy atom. The van der Waals surface area contributed by atoms with Crippen LogP contribution in [0.1, 0.15) is 28.2 Å². The smallest absolute Gasteiger partial charge is 0.251 e. The third-order valence-electron chi connectivity index (χ3n) is 5.95. The van der Waals surface area contributed by atoms with Crippen molar-refractivity contribution in [2.75, 3.05) is 6.61 Å². The molecule has 5 heteroatoms. The molecular weight excluding hydrogens is 422 g/mol. The predicted molar refractivity (Wildman–Crippen MR) is 136 cm³/mol. The van der Waals surface area contributed by atoms with Gasteiger partial charge in [-0.15, -0.1) is 0 Å². The molecule has 1 amide bonds. The molecule has 0 spiro atoms. The Hall–Kier alpha value is -4.12. The van der Waals surface area contributed by atoms with Gasteiger partial charge < -0.3 is 14.6 Å². The summed E-state index contributed by atoms with van der Waals surface area (Å²) in [6.45, 7) is 3.69. The molecule has 0 aliphatic heterocycles. The van der Waals surface area contributed by atoms with Crippen molar-refractivity contribution < 1.29 is 9.53 Å². The maximum Gasteiger partial charge on any atom is 0.251 e. The molecule has 0 bridgehead atoms. The monoisotopic (exact) mass is 449 g/mol. The number of amides is 1. The number of aromatic nitrogens is 2. The molecule has 34 heavy (non-hydrogen) atoms. The Morgan fingerprint density at radius 2 is 1.74 bits per heavy atom. The van der Waals surface area contributed by atoms with Crippen molar-refractivity contribution in [2.24, 2.45) is 0 Å². The van der Waals surface area contributed by atoms with Crippen molar-refractivity contribution >= 4 is 27.7 Å². The number of aryl methyl sites for hydroxylation is 2. The van der Waals surface area contributed by atoms with Gasteiger partial charge in [-0.2, -0.15) is 0 Å². The zero-order valence-electron chi connectivity index (χ0n) is 19.2. The molecule has 0 fully saturated rings. The number of imidazole rings is 1. The van der Waals surface area contributed by atoms with E-state index in [9.17, 15) is 4.79 Å². The van der Waals surface area contributed by atoms with Gasteiger partial charge in [0.05, 0.1) is 24.2 Å². The molecule has 0 saturated carbocycles. The number of carbonyl (C=O) groups is 1. The van der Waals surface area contributed by atoms with Gasteiger partial charge in [0, 0.05) is 17.5 Å². The van der Waals surface area contributed by atoms with E-state index in [2.05, 4.69) is 34.1 Å². The summed E-state index contributed by atoms with van der Waals surface area (Å²) < 4.78 is 8.31. The lowest BCUT2D eigenvalue weighted by Gasteiger charge is -2.12. The molecule has 5 nitrogen and oxygen atoms in total. The molecule has 5 aromatic rings. The van der Waals surface area contributed by atoms with E-state index in [4.69, 9.17) is 9.72 Å². The molecule has 0 atom stereocenters. The number of rotatable bonds is 8. The van der Waals surface area contributed by atoms with Crippen LogP contribution in [0.3, 0.4) is 0 Å². The molecule has 0 aliphatic carbocycles. The van der Waals surface area contributed by atoms with Gasteiger partial charge in [-0.3, -0.25) is 4.79 Å². The average molecular weight is 450 g/mol. The summed E-state index contributed by atoms with van der Waals surface area (Å²) in [5, 5.41) is 5.32. The van der Waals surface area contributed by atoms with Gasteiger partial charge in [-0.1, -0.05) is 66.2 Å². The maximum absolute atomic E-state index is 12.7. The van der Waals surface area contributed by atoms with Gasteiger partial charge in [0.2, 0.25) is 0 Å². The predicted octanol–water partition coefficient (Wildman–Crippen LogP) is 5.90. The fraction of sp³-hybridized carbons (Fsp3) is 0.172. The highest BCUT2D eigenvalue weighted by atomic mass is 16.5. The largest absolute Gasteiger partial charge is 0.493 e. The van der Waals surface area contributed by atoms with Crippen LogP contribution in [0.4, 0.5) is 0 Å². The topological polar surface area (TPSA) is 56.2 Å². The number of benzene rings is 4. The number of hydrogen-bond acceptors (Lipinski definition) is 3. The lowest BCUT2D eigenvalue weighted by atomic mass is 10.1. The number of hydrogen-bond donors (Lipinski definition) is 1. The molecule has 1 N–H and O–H groups in total. The Kier molecular flexibility index (Phi) is 6.25. The molecule has 170 valence electrons. The molecule has 0 radical (unpaired) electrons. The number of ether oxygens (including phenoxy) is 1. The molecule has 0 aliphatic rings. The zero-order chi connectivity index (χ0) is 23.3. The third kappa shape index (κ3) is 4.64. The number of para-hydroxylation sites is 2. The van der Waals surface area contributed by atoms with E-state index in [-0.39, 0.29) is 5.91 Å². The summed E-state index contributed by atoms with van der Waals surface area (Å²) in [7, 11) is 0. The van der Waals surface area contributed by atoms with E-state index in [1.165, 1.54) is 5.39 Å². The van der Waals surface area contributed by atoms with E-state index in [1.54, 1.807) is 0 Å². The molecule has 0 saturated heterocycles. The van der Waals surface area contributed by atoms with Gasteiger partial charge in [0.15, 0.2) is 0 Å². The first kappa shape index (κ1) is 21.7. The van der Waals surface area contributed by atoms with Crippen molar-refractivity contribution in [3.8, 4) is 5.75 Å². The van der Waals surface area contributed by atoms with Crippen LogP contribution in [0.25, 0.3) is 21.8 Å². The molecule has 1 heterocycles. The molecular formula is C29H27N3O2. The van der Waals surface area contributed by atoms with Crippen LogP contribution in [-0.4, -0.2) is 22.1 Å². The Labute approximate surface area is 199 Å². The van der Waals surface area contributed by atoms with Crippen LogP contribution in [0.2, 0.25) is 0 Å². The molecule has 1 aromatic heterocycles. The van der Waals surface area contributed by atoms with Crippen molar-refractivity contribution in [3.05, 3.63) is 108 Å². The minimum atomic E-state index is -0.0957. The minimum absolute atomic E-state index is 0.0957. The summed E-state index contributed by atoms with van der Waals surface area (Å²) in [5.41, 5.74) is 3.71. The van der Waals surface area contributed by atoms with Gasteiger partial charge >= 0.3 is 0 Å². The maximum atomic E-state index is 12.7.